The predicted octanol–water partition coefficient (Wildman–Crippen LogP) is 2.13. The zero-order valence-electron chi connectivity index (χ0n) is 10.5. The lowest BCUT2D eigenvalue weighted by Crippen LogP contribution is -2.23. The van der Waals surface area contributed by atoms with Crippen molar-refractivity contribution >= 4 is 0 Å². The van der Waals surface area contributed by atoms with Gasteiger partial charge in [-0.15, -0.1) is 0 Å². The summed E-state index contributed by atoms with van der Waals surface area (Å²) >= 11 is 0. The molecule has 0 heterocycles. The SMILES string of the molecule is CNCC(C)OCc1cc(C)ccc1OC. The zero-order chi connectivity index (χ0) is 12.0. The van der Waals surface area contributed by atoms with Crippen LogP contribution in [-0.2, 0) is 11.3 Å². The maximum absolute atomic E-state index is 5.72. The van der Waals surface area contributed by atoms with Crippen LogP contribution < -0.4 is 10.1 Å². The first-order valence-electron chi connectivity index (χ1n) is 5.57. The van der Waals surface area contributed by atoms with Crippen LogP contribution in [-0.4, -0.2) is 26.8 Å². The number of rotatable bonds is 6. The lowest BCUT2D eigenvalue weighted by molar-refractivity contribution is 0.0533. The summed E-state index contributed by atoms with van der Waals surface area (Å²) in [5, 5.41) is 3.09. The van der Waals surface area contributed by atoms with Crippen LogP contribution in [0, 0.1) is 6.92 Å². The molecule has 0 radical (unpaired) electrons. The van der Waals surface area contributed by atoms with Crippen LogP contribution in [0.15, 0.2) is 18.2 Å². The smallest absolute Gasteiger partial charge is 0.124 e. The van der Waals surface area contributed by atoms with Crippen LogP contribution in [0.4, 0.5) is 0 Å². The third kappa shape index (κ3) is 3.83. The van der Waals surface area contributed by atoms with Gasteiger partial charge in [0, 0.05) is 12.1 Å². The fourth-order valence-electron chi connectivity index (χ4n) is 1.60. The molecule has 3 heteroatoms. The van der Waals surface area contributed by atoms with E-state index in [1.54, 1.807) is 7.11 Å². The van der Waals surface area contributed by atoms with Crippen LogP contribution in [0.5, 0.6) is 5.75 Å². The van der Waals surface area contributed by atoms with E-state index in [0.29, 0.717) is 6.61 Å². The third-order valence-corrected chi connectivity index (χ3v) is 2.45. The van der Waals surface area contributed by atoms with Gasteiger partial charge in [-0.1, -0.05) is 17.7 Å². The average Bonchev–Trinajstić information content (AvgIpc) is 2.27. The highest BCUT2D eigenvalue weighted by Crippen LogP contribution is 2.20. The van der Waals surface area contributed by atoms with Crippen molar-refractivity contribution in [2.45, 2.75) is 26.6 Å². The summed E-state index contributed by atoms with van der Waals surface area (Å²) in [4.78, 5) is 0. The van der Waals surface area contributed by atoms with Crippen molar-refractivity contribution in [1.29, 1.82) is 0 Å². The van der Waals surface area contributed by atoms with Crippen molar-refractivity contribution in [2.75, 3.05) is 20.7 Å². The highest BCUT2D eigenvalue weighted by atomic mass is 16.5. The summed E-state index contributed by atoms with van der Waals surface area (Å²) < 4.78 is 11.0. The molecule has 1 N–H and O–H groups in total. The molecular weight excluding hydrogens is 202 g/mol. The van der Waals surface area contributed by atoms with Gasteiger partial charge in [0.2, 0.25) is 0 Å². The molecular formula is C13H21NO2. The number of aryl methyl sites for hydroxylation is 1. The van der Waals surface area contributed by atoms with E-state index in [1.165, 1.54) is 5.56 Å². The number of hydrogen-bond acceptors (Lipinski definition) is 3. The second-order valence-corrected chi connectivity index (χ2v) is 3.99. The normalized spacial score (nSPS) is 12.5. The second kappa shape index (κ2) is 6.51. The van der Waals surface area contributed by atoms with Gasteiger partial charge in [0.15, 0.2) is 0 Å². The van der Waals surface area contributed by atoms with E-state index < -0.39 is 0 Å². The van der Waals surface area contributed by atoms with Crippen molar-refractivity contribution in [1.82, 2.24) is 5.32 Å². The Balaban J connectivity index is 2.61. The first-order chi connectivity index (χ1) is 7.67. The molecule has 90 valence electrons. The van der Waals surface area contributed by atoms with Crippen molar-refractivity contribution in [3.8, 4) is 5.75 Å². The molecule has 0 saturated heterocycles. The minimum absolute atomic E-state index is 0.204. The number of nitrogens with one attached hydrogen (secondary N) is 1. The molecule has 1 unspecified atom stereocenters. The standard InChI is InChI=1S/C13H21NO2/c1-10-5-6-13(15-4)12(7-10)9-16-11(2)8-14-3/h5-7,11,14H,8-9H2,1-4H3. The molecule has 0 aromatic heterocycles. The summed E-state index contributed by atoms with van der Waals surface area (Å²) in [6, 6.07) is 6.13. The lowest BCUT2D eigenvalue weighted by Gasteiger charge is -2.14. The maximum Gasteiger partial charge on any atom is 0.124 e. The van der Waals surface area contributed by atoms with Crippen molar-refractivity contribution in [3.63, 3.8) is 0 Å². The highest BCUT2D eigenvalue weighted by Gasteiger charge is 2.06. The van der Waals surface area contributed by atoms with Crippen LogP contribution in [0.2, 0.25) is 0 Å². The molecule has 1 atom stereocenters. The Hall–Kier alpha value is -1.06. The minimum atomic E-state index is 0.204. The number of benzene rings is 1. The van der Waals surface area contributed by atoms with Gasteiger partial charge in [0.05, 0.1) is 19.8 Å². The Morgan fingerprint density at radius 3 is 2.75 bits per heavy atom. The molecule has 0 aliphatic heterocycles. The Labute approximate surface area is 97.8 Å². The van der Waals surface area contributed by atoms with Crippen molar-refractivity contribution < 1.29 is 9.47 Å². The first-order valence-corrected chi connectivity index (χ1v) is 5.57. The van der Waals surface area contributed by atoms with Gasteiger partial charge in [-0.3, -0.25) is 0 Å². The van der Waals surface area contributed by atoms with E-state index >= 15 is 0 Å². The summed E-state index contributed by atoms with van der Waals surface area (Å²) in [6.07, 6.45) is 0.204. The molecule has 1 rings (SSSR count). The third-order valence-electron chi connectivity index (χ3n) is 2.45. The Bertz CT molecular complexity index is 326. The number of likely N-dealkylation sites (N-methyl/N-ethyl adjacent to an activating group) is 1. The number of methoxy groups -OCH3 is 1. The Morgan fingerprint density at radius 1 is 1.38 bits per heavy atom. The molecule has 0 saturated carbocycles. The van der Waals surface area contributed by atoms with Crippen molar-refractivity contribution in [2.24, 2.45) is 0 Å². The van der Waals surface area contributed by atoms with E-state index in [2.05, 4.69) is 25.2 Å². The van der Waals surface area contributed by atoms with E-state index in [9.17, 15) is 0 Å². The number of hydrogen-bond donors (Lipinski definition) is 1. The topological polar surface area (TPSA) is 30.5 Å². The number of ether oxygens (including phenoxy) is 2. The van der Waals surface area contributed by atoms with Gasteiger partial charge < -0.3 is 14.8 Å². The van der Waals surface area contributed by atoms with Gasteiger partial charge in [-0.05, 0) is 27.0 Å². The molecule has 0 spiro atoms. The van der Waals surface area contributed by atoms with Crippen LogP contribution in [0.3, 0.4) is 0 Å². The monoisotopic (exact) mass is 223 g/mol. The largest absolute Gasteiger partial charge is 0.496 e. The Morgan fingerprint density at radius 2 is 2.12 bits per heavy atom. The van der Waals surface area contributed by atoms with Gasteiger partial charge in [-0.2, -0.15) is 0 Å². The van der Waals surface area contributed by atoms with Crippen LogP contribution in [0.25, 0.3) is 0 Å². The van der Waals surface area contributed by atoms with Crippen molar-refractivity contribution in [3.05, 3.63) is 29.3 Å². The van der Waals surface area contributed by atoms with E-state index in [1.807, 2.05) is 19.2 Å². The fraction of sp³-hybridized carbons (Fsp3) is 0.538. The highest BCUT2D eigenvalue weighted by molar-refractivity contribution is 5.36. The molecule has 1 aromatic carbocycles. The molecule has 0 aliphatic carbocycles. The molecule has 16 heavy (non-hydrogen) atoms. The van der Waals surface area contributed by atoms with E-state index in [-0.39, 0.29) is 6.10 Å². The molecule has 0 bridgehead atoms. The summed E-state index contributed by atoms with van der Waals surface area (Å²) in [5.74, 6) is 0.891. The second-order valence-electron chi connectivity index (χ2n) is 3.99. The molecule has 1 aromatic rings. The molecule has 0 aliphatic rings. The van der Waals surface area contributed by atoms with Crippen LogP contribution >= 0.6 is 0 Å². The summed E-state index contributed by atoms with van der Waals surface area (Å²) in [5.41, 5.74) is 2.33. The van der Waals surface area contributed by atoms with Gasteiger partial charge in [-0.25, -0.2) is 0 Å². The predicted molar refractivity (Wildman–Crippen MR) is 65.9 cm³/mol. The quantitative estimate of drug-likeness (QED) is 0.801. The molecule has 0 amide bonds. The van der Waals surface area contributed by atoms with Gasteiger partial charge >= 0.3 is 0 Å². The van der Waals surface area contributed by atoms with Crippen LogP contribution in [0.1, 0.15) is 18.1 Å². The molecule has 3 nitrogen and oxygen atoms in total. The maximum atomic E-state index is 5.72. The summed E-state index contributed by atoms with van der Waals surface area (Å²) in [6.45, 7) is 5.57. The summed E-state index contributed by atoms with van der Waals surface area (Å²) in [7, 11) is 3.61. The fourth-order valence-corrected chi connectivity index (χ4v) is 1.60. The lowest BCUT2D eigenvalue weighted by atomic mass is 10.1. The first kappa shape index (κ1) is 13.0. The van der Waals surface area contributed by atoms with Gasteiger partial charge in [0.1, 0.15) is 5.75 Å². The van der Waals surface area contributed by atoms with E-state index in [4.69, 9.17) is 9.47 Å². The van der Waals surface area contributed by atoms with E-state index in [0.717, 1.165) is 17.9 Å². The average molecular weight is 223 g/mol. The Kier molecular flexibility index (Phi) is 5.29. The zero-order valence-corrected chi connectivity index (χ0v) is 10.5. The molecule has 0 fully saturated rings. The van der Waals surface area contributed by atoms with Gasteiger partial charge in [0.25, 0.3) is 0 Å². The minimum Gasteiger partial charge on any atom is -0.496 e.